The van der Waals surface area contributed by atoms with Crippen molar-refractivity contribution in [2.45, 2.75) is 25.4 Å². The van der Waals surface area contributed by atoms with Crippen molar-refractivity contribution in [3.05, 3.63) is 69.7 Å². The van der Waals surface area contributed by atoms with Crippen LogP contribution in [0.1, 0.15) is 30.4 Å². The fourth-order valence-electron chi connectivity index (χ4n) is 2.27. The summed E-state index contributed by atoms with van der Waals surface area (Å²) in [6.45, 7) is 2.10. The Bertz CT molecular complexity index is 596. The molecule has 2 N–H and O–H groups in total. The number of carbonyl (C=O) groups excluding carboxylic acids is 1. The molecule has 1 amide bonds. The molecule has 1 atom stereocenters. The van der Waals surface area contributed by atoms with Gasteiger partial charge in [-0.1, -0.05) is 54.4 Å². The largest absolute Gasteiger partial charge is 0.391 e. The summed E-state index contributed by atoms with van der Waals surface area (Å²) in [4.78, 5) is 12.6. The molecule has 2 aromatic rings. The first-order valence-electron chi connectivity index (χ1n) is 7.48. The summed E-state index contributed by atoms with van der Waals surface area (Å²) < 4.78 is 0. The molecule has 2 aromatic carbocycles. The molecule has 0 bridgehead atoms. The first-order chi connectivity index (χ1) is 11.0. The van der Waals surface area contributed by atoms with E-state index in [9.17, 15) is 9.90 Å². The van der Waals surface area contributed by atoms with Gasteiger partial charge in [0, 0.05) is 16.6 Å². The van der Waals surface area contributed by atoms with Crippen LogP contribution in [0.3, 0.4) is 0 Å². The quantitative estimate of drug-likeness (QED) is 0.825. The maximum Gasteiger partial charge on any atom is 0.232 e. The van der Waals surface area contributed by atoms with E-state index in [1.807, 2.05) is 31.2 Å². The van der Waals surface area contributed by atoms with Crippen LogP contribution in [0.2, 0.25) is 10.0 Å². The Kier molecular flexibility index (Phi) is 6.46. The van der Waals surface area contributed by atoms with Crippen molar-refractivity contribution in [2.75, 3.05) is 6.54 Å². The Hall–Kier alpha value is -1.55. The second-order valence-corrected chi connectivity index (χ2v) is 6.22. The molecule has 1 unspecified atom stereocenters. The molecule has 0 aliphatic rings. The van der Waals surface area contributed by atoms with Crippen LogP contribution in [0.5, 0.6) is 0 Å². The molecule has 0 heterocycles. The summed E-state index contributed by atoms with van der Waals surface area (Å²) in [5, 5.41) is 13.7. The average molecular weight is 352 g/mol. The van der Waals surface area contributed by atoms with E-state index in [0.29, 0.717) is 16.5 Å². The molecule has 5 heteroatoms. The summed E-state index contributed by atoms with van der Waals surface area (Å²) in [6.07, 6.45) is 0.0439. The standard InChI is InChI=1S/C18H19Cl2NO2/c1-2-16(22)11-21-18(23)17(12-3-7-14(19)8-4-12)13-5-9-15(20)10-6-13/h3-10,16-17,22H,2,11H2,1H3,(H,21,23). The highest BCUT2D eigenvalue weighted by Crippen LogP contribution is 2.27. The number of aliphatic hydroxyl groups is 1. The molecule has 23 heavy (non-hydrogen) atoms. The molecule has 122 valence electrons. The number of hydrogen-bond donors (Lipinski definition) is 2. The molecule has 0 spiro atoms. The highest BCUT2D eigenvalue weighted by atomic mass is 35.5. The highest BCUT2D eigenvalue weighted by molar-refractivity contribution is 6.30. The van der Waals surface area contributed by atoms with Crippen LogP contribution < -0.4 is 5.32 Å². The zero-order valence-electron chi connectivity index (χ0n) is 12.8. The second-order valence-electron chi connectivity index (χ2n) is 5.34. The molecule has 0 aliphatic carbocycles. The van der Waals surface area contributed by atoms with E-state index < -0.39 is 12.0 Å². The minimum absolute atomic E-state index is 0.165. The van der Waals surface area contributed by atoms with E-state index >= 15 is 0 Å². The van der Waals surface area contributed by atoms with Gasteiger partial charge in [0.1, 0.15) is 0 Å². The van der Waals surface area contributed by atoms with Gasteiger partial charge in [0.05, 0.1) is 12.0 Å². The minimum atomic E-state index is -0.546. The van der Waals surface area contributed by atoms with Crippen molar-refractivity contribution in [1.29, 1.82) is 0 Å². The van der Waals surface area contributed by atoms with Crippen LogP contribution in [-0.4, -0.2) is 23.7 Å². The third-order valence-corrected chi connectivity index (χ3v) is 4.16. The Morgan fingerprint density at radius 2 is 1.43 bits per heavy atom. The third kappa shape index (κ3) is 4.96. The Morgan fingerprint density at radius 1 is 1.00 bits per heavy atom. The van der Waals surface area contributed by atoms with Crippen molar-refractivity contribution in [2.24, 2.45) is 0 Å². The summed E-state index contributed by atoms with van der Waals surface area (Å²) >= 11 is 11.9. The lowest BCUT2D eigenvalue weighted by molar-refractivity contribution is -0.122. The molecule has 2 rings (SSSR count). The maximum atomic E-state index is 12.6. The van der Waals surface area contributed by atoms with Gasteiger partial charge in [-0.2, -0.15) is 0 Å². The van der Waals surface area contributed by atoms with Crippen LogP contribution in [0, 0.1) is 0 Å². The topological polar surface area (TPSA) is 49.3 Å². The summed E-state index contributed by atoms with van der Waals surface area (Å²) in [5.74, 6) is -0.643. The number of rotatable bonds is 6. The number of hydrogen-bond acceptors (Lipinski definition) is 2. The number of benzene rings is 2. The summed E-state index contributed by atoms with van der Waals surface area (Å²) in [5.41, 5.74) is 1.67. The first kappa shape index (κ1) is 17.8. The normalized spacial score (nSPS) is 12.2. The Morgan fingerprint density at radius 3 is 1.83 bits per heavy atom. The number of amides is 1. The van der Waals surface area contributed by atoms with Crippen LogP contribution in [0.4, 0.5) is 0 Å². The van der Waals surface area contributed by atoms with Crippen molar-refractivity contribution in [1.82, 2.24) is 5.32 Å². The van der Waals surface area contributed by atoms with Gasteiger partial charge in [-0.3, -0.25) is 4.79 Å². The van der Waals surface area contributed by atoms with Gasteiger partial charge in [-0.15, -0.1) is 0 Å². The van der Waals surface area contributed by atoms with Crippen LogP contribution in [-0.2, 0) is 4.79 Å². The van der Waals surface area contributed by atoms with E-state index in [0.717, 1.165) is 11.1 Å². The van der Waals surface area contributed by atoms with Gasteiger partial charge in [0.2, 0.25) is 5.91 Å². The number of nitrogens with one attached hydrogen (secondary N) is 1. The smallest absolute Gasteiger partial charge is 0.232 e. The summed E-state index contributed by atoms with van der Waals surface area (Å²) in [6, 6.07) is 14.4. The van der Waals surface area contributed by atoms with Gasteiger partial charge in [-0.25, -0.2) is 0 Å². The van der Waals surface area contributed by atoms with Crippen molar-refractivity contribution in [3.8, 4) is 0 Å². The fraction of sp³-hybridized carbons (Fsp3) is 0.278. The number of aliphatic hydroxyl groups excluding tert-OH is 1. The molecule has 0 aromatic heterocycles. The van der Waals surface area contributed by atoms with Gasteiger partial charge < -0.3 is 10.4 Å². The highest BCUT2D eigenvalue weighted by Gasteiger charge is 2.23. The van der Waals surface area contributed by atoms with Gasteiger partial charge in [0.25, 0.3) is 0 Å². The van der Waals surface area contributed by atoms with Crippen molar-refractivity contribution >= 4 is 29.1 Å². The van der Waals surface area contributed by atoms with Crippen LogP contribution in [0.25, 0.3) is 0 Å². The molecule has 0 fully saturated rings. The molecular weight excluding hydrogens is 333 g/mol. The predicted molar refractivity (Wildman–Crippen MR) is 94.1 cm³/mol. The number of halogens is 2. The van der Waals surface area contributed by atoms with Gasteiger partial charge in [-0.05, 0) is 41.8 Å². The average Bonchev–Trinajstić information content (AvgIpc) is 2.56. The van der Waals surface area contributed by atoms with Crippen LogP contribution >= 0.6 is 23.2 Å². The zero-order valence-corrected chi connectivity index (χ0v) is 14.3. The van der Waals surface area contributed by atoms with E-state index in [4.69, 9.17) is 23.2 Å². The molecule has 0 aliphatic heterocycles. The third-order valence-electron chi connectivity index (χ3n) is 3.65. The van der Waals surface area contributed by atoms with E-state index in [1.165, 1.54) is 0 Å². The fourth-order valence-corrected chi connectivity index (χ4v) is 2.52. The number of carbonyl (C=O) groups is 1. The second kappa shape index (κ2) is 8.34. The van der Waals surface area contributed by atoms with E-state index in [2.05, 4.69) is 5.32 Å². The molecule has 0 radical (unpaired) electrons. The molecule has 0 saturated carbocycles. The molecule has 3 nitrogen and oxygen atoms in total. The van der Waals surface area contributed by atoms with Crippen molar-refractivity contribution in [3.63, 3.8) is 0 Å². The maximum absolute atomic E-state index is 12.6. The predicted octanol–water partition coefficient (Wildman–Crippen LogP) is 4.01. The summed E-state index contributed by atoms with van der Waals surface area (Å²) in [7, 11) is 0. The van der Waals surface area contributed by atoms with E-state index in [1.54, 1.807) is 24.3 Å². The lowest BCUT2D eigenvalue weighted by Crippen LogP contribution is -2.35. The molecular formula is C18H19Cl2NO2. The van der Waals surface area contributed by atoms with Crippen LogP contribution in [0.15, 0.2) is 48.5 Å². The van der Waals surface area contributed by atoms with Gasteiger partial charge >= 0.3 is 0 Å². The Balaban J connectivity index is 2.29. The lowest BCUT2D eigenvalue weighted by Gasteiger charge is -2.19. The van der Waals surface area contributed by atoms with Crippen molar-refractivity contribution < 1.29 is 9.90 Å². The minimum Gasteiger partial charge on any atom is -0.391 e. The Labute approximate surface area is 146 Å². The lowest BCUT2D eigenvalue weighted by atomic mass is 9.90. The monoisotopic (exact) mass is 351 g/mol. The zero-order chi connectivity index (χ0) is 16.8. The molecule has 0 saturated heterocycles. The SMILES string of the molecule is CCC(O)CNC(=O)C(c1ccc(Cl)cc1)c1ccc(Cl)cc1. The van der Waals surface area contributed by atoms with E-state index in [-0.39, 0.29) is 12.5 Å². The van der Waals surface area contributed by atoms with Gasteiger partial charge in [0.15, 0.2) is 0 Å². The first-order valence-corrected chi connectivity index (χ1v) is 8.23.